The molecule has 18 heavy (non-hydrogen) atoms. The molecule has 2 heterocycles. The van der Waals surface area contributed by atoms with Gasteiger partial charge in [0.25, 0.3) is 0 Å². The van der Waals surface area contributed by atoms with Crippen molar-refractivity contribution in [3.63, 3.8) is 0 Å². The van der Waals surface area contributed by atoms with E-state index in [0.717, 1.165) is 13.0 Å². The van der Waals surface area contributed by atoms with Crippen molar-refractivity contribution in [2.75, 3.05) is 31.7 Å². The molecule has 7 heteroatoms. The fourth-order valence-electron chi connectivity index (χ4n) is 1.33. The topological polar surface area (TPSA) is 78.4 Å². The van der Waals surface area contributed by atoms with E-state index in [9.17, 15) is 0 Å². The van der Waals surface area contributed by atoms with Crippen molar-refractivity contribution in [1.82, 2.24) is 15.0 Å². The van der Waals surface area contributed by atoms with Crippen molar-refractivity contribution in [3.05, 3.63) is 0 Å². The highest BCUT2D eigenvalue weighted by molar-refractivity contribution is 5.27. The molecule has 1 aliphatic rings. The van der Waals surface area contributed by atoms with Crippen LogP contribution in [0.25, 0.3) is 0 Å². The van der Waals surface area contributed by atoms with Crippen molar-refractivity contribution >= 4 is 5.95 Å². The second-order valence-electron chi connectivity index (χ2n) is 3.86. The molecule has 1 aromatic rings. The quantitative estimate of drug-likeness (QED) is 0.773. The van der Waals surface area contributed by atoms with Crippen LogP contribution in [0.15, 0.2) is 0 Å². The van der Waals surface area contributed by atoms with Crippen molar-refractivity contribution in [2.24, 2.45) is 0 Å². The van der Waals surface area contributed by atoms with Gasteiger partial charge < -0.3 is 19.5 Å². The van der Waals surface area contributed by atoms with Gasteiger partial charge in [-0.1, -0.05) is 6.92 Å². The number of aromatic nitrogens is 3. The molecule has 1 saturated heterocycles. The third-order valence-electron chi connectivity index (χ3n) is 2.28. The molecule has 1 fully saturated rings. The van der Waals surface area contributed by atoms with Gasteiger partial charge in [-0.2, -0.15) is 9.97 Å². The lowest BCUT2D eigenvalue weighted by atomic mass is 10.3. The van der Waals surface area contributed by atoms with Crippen LogP contribution in [0, 0.1) is 0 Å². The summed E-state index contributed by atoms with van der Waals surface area (Å²) in [5, 5.41) is 3.09. The smallest absolute Gasteiger partial charge is 0.324 e. The van der Waals surface area contributed by atoms with Crippen LogP contribution in [0.1, 0.15) is 20.3 Å². The van der Waals surface area contributed by atoms with Crippen molar-refractivity contribution < 1.29 is 14.2 Å². The van der Waals surface area contributed by atoms with Crippen LogP contribution in [-0.2, 0) is 4.74 Å². The van der Waals surface area contributed by atoms with Gasteiger partial charge in [0, 0.05) is 6.54 Å². The molecular formula is C11H18N4O3. The van der Waals surface area contributed by atoms with Crippen molar-refractivity contribution in [2.45, 2.75) is 26.4 Å². The summed E-state index contributed by atoms with van der Waals surface area (Å²) in [6.07, 6.45) is 1.02. The molecule has 0 aromatic carbocycles. The molecule has 0 aliphatic carbocycles. The number of rotatable bonds is 7. The fourth-order valence-corrected chi connectivity index (χ4v) is 1.33. The van der Waals surface area contributed by atoms with Gasteiger partial charge in [-0.25, -0.2) is 0 Å². The number of ether oxygens (including phenoxy) is 3. The normalized spacial score (nSPS) is 15.0. The number of nitrogens with one attached hydrogen (secondary N) is 1. The Morgan fingerprint density at radius 1 is 1.22 bits per heavy atom. The van der Waals surface area contributed by atoms with Crippen LogP contribution < -0.4 is 14.8 Å². The predicted octanol–water partition coefficient (Wildman–Crippen LogP) is 0.870. The summed E-state index contributed by atoms with van der Waals surface area (Å²) >= 11 is 0. The number of hydrogen-bond donors (Lipinski definition) is 1. The van der Waals surface area contributed by atoms with E-state index in [0.29, 0.717) is 25.8 Å². The summed E-state index contributed by atoms with van der Waals surface area (Å²) in [5.74, 6) is 0.477. The SMILES string of the molecule is CCCNc1nc(OCC)nc(OC2COC2)n1. The van der Waals surface area contributed by atoms with E-state index in [1.54, 1.807) is 0 Å². The highest BCUT2D eigenvalue weighted by Gasteiger charge is 2.22. The number of hydrogen-bond acceptors (Lipinski definition) is 7. The lowest BCUT2D eigenvalue weighted by Gasteiger charge is -2.25. The highest BCUT2D eigenvalue weighted by Crippen LogP contribution is 2.16. The van der Waals surface area contributed by atoms with Gasteiger partial charge in [0.05, 0.1) is 19.8 Å². The van der Waals surface area contributed by atoms with Gasteiger partial charge in [0.1, 0.15) is 6.10 Å². The van der Waals surface area contributed by atoms with Gasteiger partial charge in [-0.3, -0.25) is 0 Å². The minimum absolute atomic E-state index is 0.0286. The van der Waals surface area contributed by atoms with Crippen LogP contribution in [0.2, 0.25) is 0 Å². The summed E-state index contributed by atoms with van der Waals surface area (Å²) in [6, 6.07) is 0.557. The summed E-state index contributed by atoms with van der Waals surface area (Å²) in [6.45, 7) is 6.40. The maximum atomic E-state index is 5.55. The molecule has 100 valence electrons. The Balaban J connectivity index is 2.07. The Labute approximate surface area is 106 Å². The van der Waals surface area contributed by atoms with Crippen LogP contribution in [-0.4, -0.2) is 47.4 Å². The molecule has 2 rings (SSSR count). The molecule has 7 nitrogen and oxygen atoms in total. The molecule has 0 atom stereocenters. The summed E-state index contributed by atoms with van der Waals surface area (Å²) < 4.78 is 15.9. The Bertz CT molecular complexity index is 385. The Morgan fingerprint density at radius 2 is 2.00 bits per heavy atom. The lowest BCUT2D eigenvalue weighted by Crippen LogP contribution is -2.39. The maximum Gasteiger partial charge on any atom is 0.324 e. The number of anilines is 1. The molecule has 0 unspecified atom stereocenters. The fraction of sp³-hybridized carbons (Fsp3) is 0.727. The Hall–Kier alpha value is -1.63. The van der Waals surface area contributed by atoms with Gasteiger partial charge >= 0.3 is 12.0 Å². The van der Waals surface area contributed by atoms with Crippen LogP contribution in [0.5, 0.6) is 12.0 Å². The first kappa shape index (κ1) is 12.8. The van der Waals surface area contributed by atoms with Crippen LogP contribution >= 0.6 is 0 Å². The average molecular weight is 254 g/mol. The first-order valence-electron chi connectivity index (χ1n) is 6.19. The molecular weight excluding hydrogens is 236 g/mol. The summed E-state index contributed by atoms with van der Waals surface area (Å²) in [5.41, 5.74) is 0. The second-order valence-corrected chi connectivity index (χ2v) is 3.86. The second kappa shape index (κ2) is 6.34. The monoisotopic (exact) mass is 254 g/mol. The Morgan fingerprint density at radius 3 is 2.61 bits per heavy atom. The zero-order valence-electron chi connectivity index (χ0n) is 10.7. The predicted molar refractivity (Wildman–Crippen MR) is 65.0 cm³/mol. The molecule has 0 amide bonds. The van der Waals surface area contributed by atoms with Gasteiger partial charge in [-0.15, -0.1) is 4.98 Å². The zero-order valence-corrected chi connectivity index (χ0v) is 10.7. The van der Waals surface area contributed by atoms with Gasteiger partial charge in [0.15, 0.2) is 0 Å². The molecule has 1 aliphatic heterocycles. The van der Waals surface area contributed by atoms with Crippen molar-refractivity contribution in [1.29, 1.82) is 0 Å². The largest absolute Gasteiger partial charge is 0.464 e. The third-order valence-corrected chi connectivity index (χ3v) is 2.28. The minimum atomic E-state index is 0.0286. The van der Waals surface area contributed by atoms with Crippen molar-refractivity contribution in [3.8, 4) is 12.0 Å². The summed E-state index contributed by atoms with van der Waals surface area (Å²) in [4.78, 5) is 12.4. The molecule has 0 spiro atoms. The van der Waals surface area contributed by atoms with E-state index < -0.39 is 0 Å². The standard InChI is InChI=1S/C11H18N4O3/c1-3-5-12-9-13-10(17-4-2)15-11(14-9)18-8-6-16-7-8/h8H,3-7H2,1-2H3,(H,12,13,14,15). The van der Waals surface area contributed by atoms with E-state index in [4.69, 9.17) is 14.2 Å². The molecule has 1 aromatic heterocycles. The summed E-state index contributed by atoms with van der Waals surface area (Å²) in [7, 11) is 0. The van der Waals surface area contributed by atoms with E-state index in [1.807, 2.05) is 6.92 Å². The van der Waals surface area contributed by atoms with Crippen LogP contribution in [0.3, 0.4) is 0 Å². The molecule has 0 bridgehead atoms. The highest BCUT2D eigenvalue weighted by atomic mass is 16.6. The van der Waals surface area contributed by atoms with E-state index in [1.165, 1.54) is 0 Å². The first-order valence-corrected chi connectivity index (χ1v) is 6.19. The van der Waals surface area contributed by atoms with Gasteiger partial charge in [-0.05, 0) is 13.3 Å². The molecule has 1 N–H and O–H groups in total. The number of nitrogens with zero attached hydrogens (tertiary/aromatic N) is 3. The molecule has 0 radical (unpaired) electrons. The minimum Gasteiger partial charge on any atom is -0.464 e. The third kappa shape index (κ3) is 3.43. The van der Waals surface area contributed by atoms with Gasteiger partial charge in [0.2, 0.25) is 5.95 Å². The maximum absolute atomic E-state index is 5.55. The van der Waals surface area contributed by atoms with E-state index >= 15 is 0 Å². The first-order chi connectivity index (χ1) is 8.81. The zero-order chi connectivity index (χ0) is 12.8. The Kier molecular flexibility index (Phi) is 4.52. The average Bonchev–Trinajstić information content (AvgIpc) is 2.32. The molecule has 0 saturated carbocycles. The van der Waals surface area contributed by atoms with E-state index in [-0.39, 0.29) is 18.1 Å². The van der Waals surface area contributed by atoms with Crippen LogP contribution in [0.4, 0.5) is 5.95 Å². The van der Waals surface area contributed by atoms with E-state index in [2.05, 4.69) is 27.2 Å². The lowest BCUT2D eigenvalue weighted by molar-refractivity contribution is -0.0833.